The Labute approximate surface area is 155 Å². The molecule has 1 amide bonds. The Bertz CT molecular complexity index is 565. The molecule has 0 spiro atoms. The zero-order valence-corrected chi connectivity index (χ0v) is 15.0. The molecule has 1 aliphatic rings. The molecule has 0 aliphatic carbocycles. The molecule has 2 aromatic rings. The van der Waals surface area contributed by atoms with Crippen LogP contribution in [0.15, 0.2) is 54.7 Å². The Morgan fingerprint density at radius 2 is 1.92 bits per heavy atom. The van der Waals surface area contributed by atoms with E-state index in [4.69, 9.17) is 0 Å². The Morgan fingerprint density at radius 3 is 2.54 bits per heavy atom. The van der Waals surface area contributed by atoms with Crippen molar-refractivity contribution in [3.8, 4) is 0 Å². The van der Waals surface area contributed by atoms with Crippen molar-refractivity contribution in [2.75, 3.05) is 13.1 Å². The Kier molecular flexibility index (Phi) is 8.76. The number of carbonyl (C=O) groups is 1. The van der Waals surface area contributed by atoms with Crippen LogP contribution in [0.4, 0.5) is 0 Å². The van der Waals surface area contributed by atoms with E-state index < -0.39 is 0 Å². The molecular formula is C18H23Cl2N3O. The van der Waals surface area contributed by atoms with E-state index in [1.54, 1.807) is 6.20 Å². The van der Waals surface area contributed by atoms with Crippen molar-refractivity contribution in [1.82, 2.24) is 15.6 Å². The smallest absolute Gasteiger partial charge is 0.237 e. The van der Waals surface area contributed by atoms with Gasteiger partial charge >= 0.3 is 0 Å². The molecule has 24 heavy (non-hydrogen) atoms. The second kappa shape index (κ2) is 10.3. The van der Waals surface area contributed by atoms with E-state index in [0.29, 0.717) is 6.54 Å². The summed E-state index contributed by atoms with van der Waals surface area (Å²) in [5.74, 6) is 0.169. The van der Waals surface area contributed by atoms with Gasteiger partial charge in [-0.15, -0.1) is 24.8 Å². The molecule has 6 heteroatoms. The summed E-state index contributed by atoms with van der Waals surface area (Å²) in [4.78, 5) is 16.7. The van der Waals surface area contributed by atoms with Crippen LogP contribution in [0, 0.1) is 0 Å². The minimum absolute atomic E-state index is 0. The van der Waals surface area contributed by atoms with Crippen LogP contribution in [0.1, 0.15) is 30.0 Å². The van der Waals surface area contributed by atoms with Crippen molar-refractivity contribution in [2.45, 2.75) is 24.8 Å². The number of nitrogens with zero attached hydrogens (tertiary/aromatic N) is 1. The minimum atomic E-state index is -0.0415. The van der Waals surface area contributed by atoms with Crippen LogP contribution >= 0.6 is 24.8 Å². The summed E-state index contributed by atoms with van der Waals surface area (Å²) >= 11 is 0. The summed E-state index contributed by atoms with van der Waals surface area (Å²) in [7, 11) is 0. The highest BCUT2D eigenvalue weighted by molar-refractivity contribution is 5.85. The van der Waals surface area contributed by atoms with Crippen LogP contribution < -0.4 is 10.6 Å². The number of hydrogen-bond donors (Lipinski definition) is 2. The molecule has 0 bridgehead atoms. The zero-order valence-electron chi connectivity index (χ0n) is 13.4. The molecule has 130 valence electrons. The number of rotatable bonds is 5. The number of benzene rings is 1. The van der Waals surface area contributed by atoms with Gasteiger partial charge in [0.05, 0.1) is 6.04 Å². The molecule has 3 rings (SSSR count). The van der Waals surface area contributed by atoms with Gasteiger partial charge in [0.1, 0.15) is 0 Å². The third-order valence-electron chi connectivity index (χ3n) is 4.10. The highest BCUT2D eigenvalue weighted by Crippen LogP contribution is 2.22. The monoisotopic (exact) mass is 367 g/mol. The van der Waals surface area contributed by atoms with Crippen molar-refractivity contribution < 1.29 is 4.79 Å². The van der Waals surface area contributed by atoms with E-state index in [9.17, 15) is 4.79 Å². The van der Waals surface area contributed by atoms with Gasteiger partial charge in [0, 0.05) is 24.4 Å². The SMILES string of the molecule is Cl.Cl.O=C(NC[C@@H](c1ccccc1)c1ccccn1)[C@@H]1CCCN1. The third-order valence-corrected chi connectivity index (χ3v) is 4.10. The van der Waals surface area contributed by atoms with Crippen LogP contribution in [0.5, 0.6) is 0 Å². The second-order valence-electron chi connectivity index (χ2n) is 5.61. The quantitative estimate of drug-likeness (QED) is 0.853. The summed E-state index contributed by atoms with van der Waals surface area (Å²) in [6.07, 6.45) is 3.79. The van der Waals surface area contributed by atoms with Gasteiger partial charge in [-0.3, -0.25) is 9.78 Å². The molecule has 0 radical (unpaired) electrons. The molecule has 1 aromatic heterocycles. The molecule has 1 aliphatic heterocycles. The highest BCUT2D eigenvalue weighted by atomic mass is 35.5. The maximum absolute atomic E-state index is 12.2. The molecule has 4 nitrogen and oxygen atoms in total. The average molecular weight is 368 g/mol. The van der Waals surface area contributed by atoms with Gasteiger partial charge in [0.15, 0.2) is 0 Å². The van der Waals surface area contributed by atoms with Gasteiger partial charge < -0.3 is 10.6 Å². The van der Waals surface area contributed by atoms with Gasteiger partial charge in [0.25, 0.3) is 0 Å². The lowest BCUT2D eigenvalue weighted by atomic mass is 9.95. The summed E-state index contributed by atoms with van der Waals surface area (Å²) in [6.45, 7) is 1.50. The first-order valence-electron chi connectivity index (χ1n) is 7.81. The van der Waals surface area contributed by atoms with Gasteiger partial charge in [-0.2, -0.15) is 0 Å². The number of nitrogens with one attached hydrogen (secondary N) is 2. The fourth-order valence-electron chi connectivity index (χ4n) is 2.89. The first-order valence-corrected chi connectivity index (χ1v) is 7.81. The summed E-state index contributed by atoms with van der Waals surface area (Å²) in [5, 5.41) is 6.31. The largest absolute Gasteiger partial charge is 0.354 e. The summed E-state index contributed by atoms with van der Waals surface area (Å²) in [5.41, 5.74) is 2.15. The van der Waals surface area contributed by atoms with Crippen LogP contribution in [0.2, 0.25) is 0 Å². The highest BCUT2D eigenvalue weighted by Gasteiger charge is 2.23. The lowest BCUT2D eigenvalue weighted by Gasteiger charge is -2.19. The van der Waals surface area contributed by atoms with Crippen molar-refractivity contribution in [3.63, 3.8) is 0 Å². The van der Waals surface area contributed by atoms with Crippen molar-refractivity contribution in [1.29, 1.82) is 0 Å². The third kappa shape index (κ3) is 5.20. The van der Waals surface area contributed by atoms with Crippen LogP contribution in [-0.2, 0) is 4.79 Å². The lowest BCUT2D eigenvalue weighted by molar-refractivity contribution is -0.122. The fraction of sp³-hybridized carbons (Fsp3) is 0.333. The summed E-state index contributed by atoms with van der Waals surface area (Å²) < 4.78 is 0. The van der Waals surface area contributed by atoms with E-state index >= 15 is 0 Å². The van der Waals surface area contributed by atoms with Crippen LogP contribution in [0.3, 0.4) is 0 Å². The van der Waals surface area contributed by atoms with E-state index in [1.807, 2.05) is 36.4 Å². The molecule has 0 unspecified atom stereocenters. The number of halogens is 2. The molecule has 2 heterocycles. The minimum Gasteiger partial charge on any atom is -0.354 e. The van der Waals surface area contributed by atoms with Crippen LogP contribution in [0.25, 0.3) is 0 Å². The first kappa shape index (κ1) is 20.4. The van der Waals surface area contributed by atoms with Crippen LogP contribution in [-0.4, -0.2) is 30.0 Å². The second-order valence-corrected chi connectivity index (χ2v) is 5.61. The Balaban J connectivity index is 0.00000144. The number of pyridine rings is 1. The zero-order chi connectivity index (χ0) is 15.2. The molecule has 1 saturated heterocycles. The van der Waals surface area contributed by atoms with E-state index in [1.165, 1.54) is 5.56 Å². The van der Waals surface area contributed by atoms with E-state index in [2.05, 4.69) is 27.8 Å². The molecule has 2 N–H and O–H groups in total. The van der Waals surface area contributed by atoms with Gasteiger partial charge in [-0.05, 0) is 37.1 Å². The van der Waals surface area contributed by atoms with E-state index in [-0.39, 0.29) is 42.7 Å². The molecule has 1 fully saturated rings. The molecule has 2 atom stereocenters. The maximum atomic E-state index is 12.2. The average Bonchev–Trinajstić information content (AvgIpc) is 3.11. The van der Waals surface area contributed by atoms with Crippen molar-refractivity contribution >= 4 is 30.7 Å². The Hall–Kier alpha value is -1.62. The predicted octanol–water partition coefficient (Wildman–Crippen LogP) is 2.93. The number of amides is 1. The maximum Gasteiger partial charge on any atom is 0.237 e. The van der Waals surface area contributed by atoms with Gasteiger partial charge in [-0.25, -0.2) is 0 Å². The number of carbonyl (C=O) groups excluding carboxylic acids is 1. The fourth-order valence-corrected chi connectivity index (χ4v) is 2.89. The summed E-state index contributed by atoms with van der Waals surface area (Å²) in [6, 6.07) is 16.1. The standard InChI is InChI=1S/C18H21N3O.2ClH/c22-18(17-10-6-12-20-17)21-13-15(14-7-2-1-3-8-14)16-9-4-5-11-19-16;;/h1-5,7-9,11,15,17,20H,6,10,12-13H2,(H,21,22);2*1H/t15-,17-;;/m0../s1. The topological polar surface area (TPSA) is 54.0 Å². The Morgan fingerprint density at radius 1 is 1.17 bits per heavy atom. The molecular weight excluding hydrogens is 345 g/mol. The first-order chi connectivity index (χ1) is 10.8. The molecule has 1 aromatic carbocycles. The van der Waals surface area contributed by atoms with Crippen molar-refractivity contribution in [2.24, 2.45) is 0 Å². The van der Waals surface area contributed by atoms with Gasteiger partial charge in [-0.1, -0.05) is 36.4 Å². The number of aromatic nitrogens is 1. The molecule has 0 saturated carbocycles. The van der Waals surface area contributed by atoms with Gasteiger partial charge in [0.2, 0.25) is 5.91 Å². The van der Waals surface area contributed by atoms with Crippen molar-refractivity contribution in [3.05, 3.63) is 66.0 Å². The predicted molar refractivity (Wildman–Crippen MR) is 101 cm³/mol. The normalized spacial score (nSPS) is 17.2. The lowest BCUT2D eigenvalue weighted by Crippen LogP contribution is -2.42. The van der Waals surface area contributed by atoms with E-state index in [0.717, 1.165) is 25.1 Å². The number of hydrogen-bond acceptors (Lipinski definition) is 3.